The van der Waals surface area contributed by atoms with Gasteiger partial charge in [0.05, 0.1) is 6.54 Å². The first-order valence-electron chi connectivity index (χ1n) is 4.71. The van der Waals surface area contributed by atoms with Gasteiger partial charge < -0.3 is 26.7 Å². The maximum absolute atomic E-state index is 11.6. The van der Waals surface area contributed by atoms with E-state index < -0.39 is 11.5 Å². The average Bonchev–Trinajstić information content (AvgIpc) is 3.03. The summed E-state index contributed by atoms with van der Waals surface area (Å²) >= 11 is 0. The normalized spacial score (nSPS) is 17.6. The van der Waals surface area contributed by atoms with Crippen LogP contribution >= 0.6 is 0 Å². The van der Waals surface area contributed by atoms with Crippen molar-refractivity contribution in [1.82, 2.24) is 5.32 Å². The molecule has 16 heavy (non-hydrogen) atoms. The van der Waals surface area contributed by atoms with Crippen LogP contribution in [-0.2, 0) is 9.53 Å². The number of nitrogens with two attached hydrogens (primary N) is 2. The summed E-state index contributed by atoms with van der Waals surface area (Å²) in [5.41, 5.74) is 9.24. The minimum atomic E-state index is -0.896. The summed E-state index contributed by atoms with van der Waals surface area (Å²) in [6.45, 7) is 0.134. The van der Waals surface area contributed by atoms with Crippen molar-refractivity contribution in [3.63, 3.8) is 0 Å². The maximum atomic E-state index is 11.6. The van der Waals surface area contributed by atoms with Gasteiger partial charge in [0.25, 0.3) is 0 Å². The van der Waals surface area contributed by atoms with Crippen LogP contribution in [0.4, 0.5) is 4.79 Å². The largest absolute Gasteiger partial charge is 0.448 e. The Labute approximate surface area is 91.6 Å². The maximum Gasteiger partial charge on any atom is 0.404 e. The Morgan fingerprint density at radius 2 is 2.06 bits per heavy atom. The van der Waals surface area contributed by atoms with Gasteiger partial charge in [0, 0.05) is 0 Å². The fourth-order valence-corrected chi connectivity index (χ4v) is 1.31. The van der Waals surface area contributed by atoms with Gasteiger partial charge >= 0.3 is 6.09 Å². The predicted octanol–water partition coefficient (Wildman–Crippen LogP) is -1.28. The molecular weight excluding hydrogens is 216 g/mol. The van der Waals surface area contributed by atoms with Crippen molar-refractivity contribution in [2.24, 2.45) is 22.0 Å². The lowest BCUT2D eigenvalue weighted by Gasteiger charge is -2.13. The number of oxime groups is 1. The van der Waals surface area contributed by atoms with Gasteiger partial charge in [-0.05, 0) is 12.8 Å². The number of amides is 2. The molecule has 1 aliphatic carbocycles. The number of carbonyl (C=O) groups is 2. The van der Waals surface area contributed by atoms with Crippen LogP contribution in [0.3, 0.4) is 0 Å². The van der Waals surface area contributed by atoms with Crippen molar-refractivity contribution in [3.05, 3.63) is 0 Å². The molecule has 0 heterocycles. The summed E-state index contributed by atoms with van der Waals surface area (Å²) in [6, 6.07) is 0. The number of hydrogen-bond acceptors (Lipinski definition) is 5. The van der Waals surface area contributed by atoms with Crippen molar-refractivity contribution in [3.8, 4) is 0 Å². The summed E-state index contributed by atoms with van der Waals surface area (Å²) < 4.78 is 4.43. The van der Waals surface area contributed by atoms with Crippen molar-refractivity contribution in [1.29, 1.82) is 0 Å². The zero-order chi connectivity index (χ0) is 12.2. The molecule has 0 aromatic carbocycles. The van der Waals surface area contributed by atoms with Crippen LogP contribution in [0.2, 0.25) is 0 Å². The molecule has 0 aromatic rings. The van der Waals surface area contributed by atoms with Crippen molar-refractivity contribution in [2.75, 3.05) is 13.2 Å². The van der Waals surface area contributed by atoms with Crippen LogP contribution in [0.15, 0.2) is 5.16 Å². The molecule has 0 spiro atoms. The van der Waals surface area contributed by atoms with Gasteiger partial charge in [0.1, 0.15) is 12.0 Å². The van der Waals surface area contributed by atoms with E-state index in [1.807, 2.05) is 0 Å². The lowest BCUT2D eigenvalue weighted by Crippen LogP contribution is -2.42. The first-order valence-corrected chi connectivity index (χ1v) is 4.71. The highest BCUT2D eigenvalue weighted by Gasteiger charge is 2.54. The number of ether oxygens (including phenoxy) is 1. The van der Waals surface area contributed by atoms with Crippen molar-refractivity contribution in [2.45, 2.75) is 12.8 Å². The number of amidine groups is 1. The summed E-state index contributed by atoms with van der Waals surface area (Å²) in [7, 11) is 0. The van der Waals surface area contributed by atoms with Gasteiger partial charge in [-0.3, -0.25) is 4.79 Å². The fraction of sp³-hybridized carbons (Fsp3) is 0.625. The molecule has 1 rings (SSSR count). The molecule has 1 aliphatic rings. The summed E-state index contributed by atoms with van der Waals surface area (Å²) in [4.78, 5) is 21.8. The molecule has 1 saturated carbocycles. The van der Waals surface area contributed by atoms with Gasteiger partial charge in [-0.15, -0.1) is 0 Å². The molecule has 0 atom stereocenters. The Kier molecular flexibility index (Phi) is 3.54. The highest BCUT2D eigenvalue weighted by molar-refractivity contribution is 6.09. The molecule has 0 unspecified atom stereocenters. The second-order valence-electron chi connectivity index (χ2n) is 3.49. The van der Waals surface area contributed by atoms with Gasteiger partial charge in [-0.25, -0.2) is 4.79 Å². The fourth-order valence-electron chi connectivity index (χ4n) is 1.31. The van der Waals surface area contributed by atoms with Crippen LogP contribution < -0.4 is 16.8 Å². The highest BCUT2D eigenvalue weighted by atomic mass is 16.5. The minimum absolute atomic E-state index is 0.00662. The van der Waals surface area contributed by atoms with Gasteiger partial charge in [-0.2, -0.15) is 0 Å². The molecule has 0 radical (unpaired) electrons. The molecule has 8 nitrogen and oxygen atoms in total. The zero-order valence-electron chi connectivity index (χ0n) is 8.60. The molecule has 8 heteroatoms. The Balaban J connectivity index is 2.33. The van der Waals surface area contributed by atoms with Gasteiger partial charge in [0.2, 0.25) is 5.91 Å². The Hall–Kier alpha value is -1.99. The highest BCUT2D eigenvalue weighted by Crippen LogP contribution is 2.45. The monoisotopic (exact) mass is 230 g/mol. The molecular formula is C8H14N4O4. The van der Waals surface area contributed by atoms with Crippen LogP contribution in [-0.4, -0.2) is 36.2 Å². The predicted molar refractivity (Wildman–Crippen MR) is 53.6 cm³/mol. The van der Waals surface area contributed by atoms with Crippen LogP contribution in [0.25, 0.3) is 0 Å². The third-order valence-corrected chi connectivity index (χ3v) is 2.41. The molecule has 2 amide bonds. The standard InChI is InChI=1S/C8H14N4O4/c9-5(12-15)8(1-2-8)6(13)11-3-4-16-7(10)14/h15H,1-4H2,(H2,9,12)(H2,10,14)(H,11,13). The molecule has 1 fully saturated rings. The van der Waals surface area contributed by atoms with Crippen LogP contribution in [0.5, 0.6) is 0 Å². The first kappa shape index (κ1) is 12.1. The van der Waals surface area contributed by atoms with E-state index in [9.17, 15) is 9.59 Å². The van der Waals surface area contributed by atoms with E-state index >= 15 is 0 Å². The molecule has 90 valence electrons. The van der Waals surface area contributed by atoms with E-state index in [2.05, 4.69) is 15.2 Å². The zero-order valence-corrected chi connectivity index (χ0v) is 8.60. The number of carbonyl (C=O) groups excluding carboxylic acids is 2. The Morgan fingerprint density at radius 3 is 2.50 bits per heavy atom. The van der Waals surface area contributed by atoms with E-state index in [0.29, 0.717) is 12.8 Å². The van der Waals surface area contributed by atoms with Crippen molar-refractivity contribution >= 4 is 17.8 Å². The third-order valence-electron chi connectivity index (χ3n) is 2.41. The van der Waals surface area contributed by atoms with E-state index in [1.165, 1.54) is 0 Å². The number of nitrogens with one attached hydrogen (secondary N) is 1. The van der Waals surface area contributed by atoms with E-state index in [0.717, 1.165) is 0 Å². The third kappa shape index (κ3) is 2.53. The second-order valence-corrected chi connectivity index (χ2v) is 3.49. The minimum Gasteiger partial charge on any atom is -0.448 e. The number of primary amides is 1. The molecule has 0 bridgehead atoms. The molecule has 0 saturated heterocycles. The second kappa shape index (κ2) is 4.69. The summed E-state index contributed by atoms with van der Waals surface area (Å²) in [5.74, 6) is -0.434. The lowest BCUT2D eigenvalue weighted by atomic mass is 10.1. The molecule has 0 aliphatic heterocycles. The molecule has 0 aromatic heterocycles. The quantitative estimate of drug-likeness (QED) is 0.153. The smallest absolute Gasteiger partial charge is 0.404 e. The van der Waals surface area contributed by atoms with Crippen molar-refractivity contribution < 1.29 is 19.5 Å². The van der Waals surface area contributed by atoms with Gasteiger partial charge in [-0.1, -0.05) is 5.16 Å². The van der Waals surface area contributed by atoms with E-state index in [1.54, 1.807) is 0 Å². The Bertz CT molecular complexity index is 324. The lowest BCUT2D eigenvalue weighted by molar-refractivity contribution is -0.124. The van der Waals surface area contributed by atoms with Gasteiger partial charge in [0.15, 0.2) is 5.84 Å². The molecule has 6 N–H and O–H groups in total. The summed E-state index contributed by atoms with van der Waals surface area (Å²) in [5, 5.41) is 13.8. The van der Waals surface area contributed by atoms with E-state index in [4.69, 9.17) is 16.7 Å². The number of hydrogen-bond donors (Lipinski definition) is 4. The van der Waals surface area contributed by atoms with Crippen LogP contribution in [0, 0.1) is 5.41 Å². The summed E-state index contributed by atoms with van der Waals surface area (Å²) in [6.07, 6.45) is 0.198. The number of nitrogens with zero attached hydrogens (tertiary/aromatic N) is 1. The average molecular weight is 230 g/mol. The van der Waals surface area contributed by atoms with Crippen LogP contribution in [0.1, 0.15) is 12.8 Å². The Morgan fingerprint density at radius 1 is 1.44 bits per heavy atom. The first-order chi connectivity index (χ1) is 7.53. The number of rotatable bonds is 5. The SMILES string of the molecule is NC(=O)OCCNC(=O)C1(C(N)=NO)CC1. The van der Waals surface area contributed by atoms with E-state index in [-0.39, 0.29) is 24.9 Å². The topological polar surface area (TPSA) is 140 Å².